The molecule has 2 rings (SSSR count). The summed E-state index contributed by atoms with van der Waals surface area (Å²) >= 11 is 0. The molecule has 0 radical (unpaired) electrons. The quantitative estimate of drug-likeness (QED) is 0.833. The molecule has 0 atom stereocenters. The molecule has 1 saturated heterocycles. The topological polar surface area (TPSA) is 88.6 Å². The normalized spacial score (nSPS) is 15.0. The second kappa shape index (κ2) is 5.68. The third-order valence-electron chi connectivity index (χ3n) is 2.92. The second-order valence-corrected chi connectivity index (χ2v) is 4.30. The Morgan fingerprint density at radius 1 is 1.50 bits per heavy atom. The highest BCUT2D eigenvalue weighted by atomic mass is 16.5. The zero-order valence-electron chi connectivity index (χ0n) is 11.3. The molecule has 20 heavy (non-hydrogen) atoms. The summed E-state index contributed by atoms with van der Waals surface area (Å²) in [5.74, 6) is -0.798. The Kier molecular flexibility index (Phi) is 3.97. The molecule has 0 bridgehead atoms. The minimum absolute atomic E-state index is 0.217. The van der Waals surface area contributed by atoms with Crippen LogP contribution in [0.1, 0.15) is 29.4 Å². The molecule has 3 amide bonds. The largest absolute Gasteiger partial charge is 0.462 e. The van der Waals surface area contributed by atoms with E-state index in [2.05, 4.69) is 10.3 Å². The number of carbonyl (C=O) groups excluding carboxylic acids is 3. The number of hydrogen-bond acceptors (Lipinski definition) is 5. The third kappa shape index (κ3) is 2.76. The molecule has 0 aliphatic carbocycles. The van der Waals surface area contributed by atoms with Gasteiger partial charge in [0.15, 0.2) is 0 Å². The van der Waals surface area contributed by atoms with E-state index in [9.17, 15) is 14.4 Å². The Morgan fingerprint density at radius 2 is 2.25 bits per heavy atom. The Bertz CT molecular complexity index is 571. The summed E-state index contributed by atoms with van der Waals surface area (Å²) in [6.45, 7) is 3.97. The van der Waals surface area contributed by atoms with Crippen LogP contribution in [0.4, 0.5) is 10.5 Å². The predicted molar refractivity (Wildman–Crippen MR) is 70.4 cm³/mol. The molecule has 1 aliphatic heterocycles. The summed E-state index contributed by atoms with van der Waals surface area (Å²) in [5.41, 5.74) is 1.38. The number of hydrogen-bond donors (Lipinski definition) is 1. The number of esters is 1. The van der Waals surface area contributed by atoms with Crippen molar-refractivity contribution in [3.63, 3.8) is 0 Å². The van der Waals surface area contributed by atoms with Gasteiger partial charge in [-0.05, 0) is 19.9 Å². The van der Waals surface area contributed by atoms with Crippen molar-refractivity contribution in [1.29, 1.82) is 0 Å². The average molecular weight is 277 g/mol. The monoisotopic (exact) mass is 277 g/mol. The number of nitrogens with one attached hydrogen (secondary N) is 1. The lowest BCUT2D eigenvalue weighted by Crippen LogP contribution is -2.49. The molecule has 0 unspecified atom stereocenters. The van der Waals surface area contributed by atoms with E-state index in [1.807, 2.05) is 0 Å². The molecule has 106 valence electrons. The zero-order chi connectivity index (χ0) is 14.7. The molecule has 1 aromatic rings. The van der Waals surface area contributed by atoms with Crippen LogP contribution in [0.2, 0.25) is 0 Å². The lowest BCUT2D eigenvalue weighted by molar-refractivity contribution is -0.120. The van der Waals surface area contributed by atoms with Gasteiger partial charge in [-0.1, -0.05) is 0 Å². The van der Waals surface area contributed by atoms with E-state index < -0.39 is 12.0 Å². The van der Waals surface area contributed by atoms with Crippen LogP contribution < -0.4 is 10.2 Å². The maximum atomic E-state index is 11.8. The van der Waals surface area contributed by atoms with Crippen LogP contribution in [0.25, 0.3) is 0 Å². The van der Waals surface area contributed by atoms with E-state index in [0.29, 0.717) is 11.4 Å². The summed E-state index contributed by atoms with van der Waals surface area (Å²) in [6, 6.07) is 1.04. The van der Waals surface area contributed by atoms with Crippen LogP contribution >= 0.6 is 0 Å². The summed E-state index contributed by atoms with van der Waals surface area (Å²) in [6.07, 6.45) is 1.62. The first-order valence-corrected chi connectivity index (χ1v) is 6.28. The van der Waals surface area contributed by atoms with E-state index >= 15 is 0 Å². The molecule has 1 aliphatic rings. The molecule has 7 heteroatoms. The van der Waals surface area contributed by atoms with E-state index in [1.165, 1.54) is 11.1 Å². The van der Waals surface area contributed by atoms with Gasteiger partial charge in [-0.3, -0.25) is 20.0 Å². The van der Waals surface area contributed by atoms with Crippen molar-refractivity contribution in [2.45, 2.75) is 20.3 Å². The Hall–Kier alpha value is -2.44. The fourth-order valence-corrected chi connectivity index (χ4v) is 1.91. The van der Waals surface area contributed by atoms with Gasteiger partial charge >= 0.3 is 12.0 Å². The maximum Gasteiger partial charge on any atom is 0.339 e. The number of pyridine rings is 1. The number of aryl methyl sites for hydroxylation is 1. The lowest BCUT2D eigenvalue weighted by Gasteiger charge is -2.27. The lowest BCUT2D eigenvalue weighted by atomic mass is 10.2. The van der Waals surface area contributed by atoms with Gasteiger partial charge in [0.1, 0.15) is 0 Å². The number of ether oxygens (including phenoxy) is 1. The number of aromatic nitrogens is 1. The number of carbonyl (C=O) groups is 3. The van der Waals surface area contributed by atoms with Crippen molar-refractivity contribution in [2.75, 3.05) is 18.1 Å². The van der Waals surface area contributed by atoms with Crippen molar-refractivity contribution >= 4 is 23.6 Å². The third-order valence-corrected chi connectivity index (χ3v) is 2.92. The molecule has 1 fully saturated rings. The van der Waals surface area contributed by atoms with Gasteiger partial charge in [-0.25, -0.2) is 9.59 Å². The van der Waals surface area contributed by atoms with Crippen LogP contribution in [0.3, 0.4) is 0 Å². The first kappa shape index (κ1) is 14.0. The number of amides is 3. The van der Waals surface area contributed by atoms with Crippen molar-refractivity contribution in [2.24, 2.45) is 0 Å². The summed E-state index contributed by atoms with van der Waals surface area (Å²) < 4.78 is 4.90. The number of imide groups is 1. The molecule has 0 spiro atoms. The molecular formula is C13H15N3O4. The van der Waals surface area contributed by atoms with E-state index in [0.717, 1.165) is 0 Å². The van der Waals surface area contributed by atoms with Gasteiger partial charge in [0.2, 0.25) is 5.91 Å². The number of nitrogens with zero attached hydrogens (tertiary/aromatic N) is 2. The van der Waals surface area contributed by atoms with Gasteiger partial charge in [0.05, 0.1) is 23.6 Å². The molecule has 0 saturated carbocycles. The standard InChI is InChI=1S/C13H15N3O4/c1-3-20-12(18)9-6-10(8(2)14-7-9)16-5-4-11(17)15-13(16)19/h6-7H,3-5H2,1-2H3,(H,15,17,19). The molecule has 7 nitrogen and oxygen atoms in total. The van der Waals surface area contributed by atoms with Gasteiger partial charge < -0.3 is 4.74 Å². The van der Waals surface area contributed by atoms with Crippen LogP contribution in [-0.4, -0.2) is 36.0 Å². The zero-order valence-corrected chi connectivity index (χ0v) is 11.3. The molecule has 2 heterocycles. The van der Waals surface area contributed by atoms with E-state index in [4.69, 9.17) is 4.74 Å². The highest BCUT2D eigenvalue weighted by Crippen LogP contribution is 2.22. The number of rotatable bonds is 3. The van der Waals surface area contributed by atoms with Crippen molar-refractivity contribution in [3.8, 4) is 0 Å². The van der Waals surface area contributed by atoms with Crippen LogP contribution in [0.5, 0.6) is 0 Å². The number of anilines is 1. The summed E-state index contributed by atoms with van der Waals surface area (Å²) in [4.78, 5) is 40.1. The Labute approximate surface area is 115 Å². The average Bonchev–Trinajstić information content (AvgIpc) is 2.40. The van der Waals surface area contributed by atoms with Crippen molar-refractivity contribution in [1.82, 2.24) is 10.3 Å². The van der Waals surface area contributed by atoms with Gasteiger partial charge in [0, 0.05) is 19.2 Å². The van der Waals surface area contributed by atoms with Gasteiger partial charge in [-0.2, -0.15) is 0 Å². The maximum absolute atomic E-state index is 11.8. The summed E-state index contributed by atoms with van der Waals surface area (Å²) in [7, 11) is 0. The number of urea groups is 1. The SMILES string of the molecule is CCOC(=O)c1cnc(C)c(N2CCC(=O)NC2=O)c1. The highest BCUT2D eigenvalue weighted by Gasteiger charge is 2.26. The minimum Gasteiger partial charge on any atom is -0.462 e. The second-order valence-electron chi connectivity index (χ2n) is 4.30. The minimum atomic E-state index is -0.507. The predicted octanol–water partition coefficient (Wildman–Crippen LogP) is 1.01. The van der Waals surface area contributed by atoms with E-state index in [1.54, 1.807) is 19.9 Å². The Morgan fingerprint density at radius 3 is 2.90 bits per heavy atom. The van der Waals surface area contributed by atoms with Crippen molar-refractivity contribution < 1.29 is 19.1 Å². The van der Waals surface area contributed by atoms with E-state index in [-0.39, 0.29) is 31.0 Å². The molecule has 1 N–H and O–H groups in total. The molecule has 0 aromatic carbocycles. The van der Waals surface area contributed by atoms with Crippen LogP contribution in [0.15, 0.2) is 12.3 Å². The van der Waals surface area contributed by atoms with Gasteiger partial charge in [0.25, 0.3) is 0 Å². The first-order valence-electron chi connectivity index (χ1n) is 6.28. The smallest absolute Gasteiger partial charge is 0.339 e. The Balaban J connectivity index is 2.31. The summed E-state index contributed by atoms with van der Waals surface area (Å²) in [5, 5.41) is 2.23. The fraction of sp³-hybridized carbons (Fsp3) is 0.385. The van der Waals surface area contributed by atoms with Crippen LogP contribution in [-0.2, 0) is 9.53 Å². The fourth-order valence-electron chi connectivity index (χ4n) is 1.91. The van der Waals surface area contributed by atoms with Crippen LogP contribution in [0, 0.1) is 6.92 Å². The molecule has 1 aromatic heterocycles. The van der Waals surface area contributed by atoms with Crippen molar-refractivity contribution in [3.05, 3.63) is 23.5 Å². The molecular weight excluding hydrogens is 262 g/mol. The van der Waals surface area contributed by atoms with Gasteiger partial charge in [-0.15, -0.1) is 0 Å². The first-order chi connectivity index (χ1) is 9.52. The highest BCUT2D eigenvalue weighted by molar-refractivity contribution is 6.06.